The zero-order chi connectivity index (χ0) is 15.6. The van der Waals surface area contributed by atoms with Gasteiger partial charge in [0, 0.05) is 57.1 Å². The minimum Gasteiger partial charge on any atom is -0.354 e. The molecule has 0 N–H and O–H groups in total. The standard InChI is InChI=1S/C17H20ClN5/c18-15-11-16(21-17(20-15)14-1-2-14)23-9-7-22(8-10-23)12-13-3-5-19-6-4-13/h3-6,11,14H,1-2,7-10,12H2. The van der Waals surface area contributed by atoms with Crippen LogP contribution in [0.4, 0.5) is 5.82 Å². The van der Waals surface area contributed by atoms with Gasteiger partial charge in [0.25, 0.3) is 0 Å². The van der Waals surface area contributed by atoms with E-state index in [1.54, 1.807) is 0 Å². The van der Waals surface area contributed by atoms with Crippen molar-refractivity contribution in [1.29, 1.82) is 0 Å². The number of halogens is 1. The average Bonchev–Trinajstić information content (AvgIpc) is 3.41. The van der Waals surface area contributed by atoms with Gasteiger partial charge in [-0.05, 0) is 30.5 Å². The first-order valence-electron chi connectivity index (χ1n) is 8.18. The Balaban J connectivity index is 1.39. The molecule has 0 atom stereocenters. The normalized spacial score (nSPS) is 19.1. The summed E-state index contributed by atoms with van der Waals surface area (Å²) in [6, 6.07) is 6.06. The number of anilines is 1. The SMILES string of the molecule is Clc1cc(N2CCN(Cc3ccncc3)CC2)nc(C2CC2)n1. The molecule has 2 aromatic rings. The molecule has 2 aliphatic rings. The third kappa shape index (κ3) is 3.62. The predicted molar refractivity (Wildman–Crippen MR) is 90.7 cm³/mol. The highest BCUT2D eigenvalue weighted by Crippen LogP contribution is 2.39. The van der Waals surface area contributed by atoms with Crippen molar-refractivity contribution in [3.05, 3.63) is 47.1 Å². The first-order chi connectivity index (χ1) is 11.3. The van der Waals surface area contributed by atoms with Crippen LogP contribution < -0.4 is 4.90 Å². The van der Waals surface area contributed by atoms with Crippen LogP contribution in [0.5, 0.6) is 0 Å². The molecular weight excluding hydrogens is 310 g/mol. The van der Waals surface area contributed by atoms with Crippen molar-refractivity contribution in [2.24, 2.45) is 0 Å². The lowest BCUT2D eigenvalue weighted by molar-refractivity contribution is 0.249. The van der Waals surface area contributed by atoms with E-state index in [0.29, 0.717) is 11.1 Å². The van der Waals surface area contributed by atoms with Crippen molar-refractivity contribution in [3.8, 4) is 0 Å². The summed E-state index contributed by atoms with van der Waals surface area (Å²) in [5, 5.41) is 0.566. The molecule has 0 radical (unpaired) electrons. The zero-order valence-electron chi connectivity index (χ0n) is 13.0. The van der Waals surface area contributed by atoms with E-state index in [2.05, 4.69) is 31.9 Å². The minimum atomic E-state index is 0.528. The second kappa shape index (κ2) is 6.42. The smallest absolute Gasteiger partial charge is 0.135 e. The van der Waals surface area contributed by atoms with Gasteiger partial charge in [-0.3, -0.25) is 9.88 Å². The molecule has 0 unspecified atom stereocenters. The van der Waals surface area contributed by atoms with Crippen molar-refractivity contribution >= 4 is 17.4 Å². The van der Waals surface area contributed by atoms with Crippen LogP contribution in [0.3, 0.4) is 0 Å². The summed E-state index contributed by atoms with van der Waals surface area (Å²) < 4.78 is 0. The molecule has 1 saturated heterocycles. The molecule has 4 rings (SSSR count). The predicted octanol–water partition coefficient (Wildman–Crippen LogP) is 2.72. The van der Waals surface area contributed by atoms with Gasteiger partial charge in [-0.2, -0.15) is 0 Å². The fraction of sp³-hybridized carbons (Fsp3) is 0.471. The minimum absolute atomic E-state index is 0.528. The highest BCUT2D eigenvalue weighted by atomic mass is 35.5. The summed E-state index contributed by atoms with van der Waals surface area (Å²) in [5.74, 6) is 2.43. The molecule has 3 heterocycles. The molecule has 1 aliphatic carbocycles. The summed E-state index contributed by atoms with van der Waals surface area (Å²) >= 11 is 6.18. The van der Waals surface area contributed by atoms with Gasteiger partial charge in [0.1, 0.15) is 16.8 Å². The second-order valence-electron chi connectivity index (χ2n) is 6.30. The number of rotatable bonds is 4. The van der Waals surface area contributed by atoms with Gasteiger partial charge in [-0.15, -0.1) is 0 Å². The molecule has 6 heteroatoms. The molecule has 0 bridgehead atoms. The molecule has 120 valence electrons. The Morgan fingerprint density at radius 3 is 2.48 bits per heavy atom. The van der Waals surface area contributed by atoms with Crippen LogP contribution in [-0.2, 0) is 6.54 Å². The maximum absolute atomic E-state index is 6.18. The number of aromatic nitrogens is 3. The third-order valence-electron chi connectivity index (χ3n) is 4.49. The van der Waals surface area contributed by atoms with Gasteiger partial charge in [0.05, 0.1) is 0 Å². The number of hydrogen-bond donors (Lipinski definition) is 0. The third-order valence-corrected chi connectivity index (χ3v) is 4.69. The molecule has 2 aromatic heterocycles. The first kappa shape index (κ1) is 14.8. The molecule has 2 fully saturated rings. The van der Waals surface area contributed by atoms with E-state index in [9.17, 15) is 0 Å². The van der Waals surface area contributed by atoms with Gasteiger partial charge in [0.15, 0.2) is 0 Å². The van der Waals surface area contributed by atoms with Crippen LogP contribution in [0.15, 0.2) is 30.6 Å². The van der Waals surface area contributed by atoms with Crippen LogP contribution in [0.2, 0.25) is 5.15 Å². The molecule has 0 amide bonds. The Bertz CT molecular complexity index is 666. The maximum Gasteiger partial charge on any atom is 0.135 e. The van der Waals surface area contributed by atoms with Gasteiger partial charge in [0.2, 0.25) is 0 Å². The fourth-order valence-electron chi connectivity index (χ4n) is 2.99. The van der Waals surface area contributed by atoms with Crippen LogP contribution >= 0.6 is 11.6 Å². The topological polar surface area (TPSA) is 45.2 Å². The highest BCUT2D eigenvalue weighted by Gasteiger charge is 2.28. The maximum atomic E-state index is 6.18. The average molecular weight is 330 g/mol. The molecule has 1 saturated carbocycles. The summed E-state index contributed by atoms with van der Waals surface area (Å²) in [7, 11) is 0. The van der Waals surface area contributed by atoms with Gasteiger partial charge < -0.3 is 4.90 Å². The van der Waals surface area contributed by atoms with Crippen molar-refractivity contribution in [2.45, 2.75) is 25.3 Å². The summed E-state index contributed by atoms with van der Waals surface area (Å²) in [6.45, 7) is 4.99. The van der Waals surface area contributed by atoms with E-state index in [1.165, 1.54) is 18.4 Å². The van der Waals surface area contributed by atoms with Crippen molar-refractivity contribution in [3.63, 3.8) is 0 Å². The molecular formula is C17H20ClN5. The number of hydrogen-bond acceptors (Lipinski definition) is 5. The molecule has 5 nitrogen and oxygen atoms in total. The highest BCUT2D eigenvalue weighted by molar-refractivity contribution is 6.29. The Labute approximate surface area is 141 Å². The summed E-state index contributed by atoms with van der Waals surface area (Å²) in [4.78, 5) is 18.0. The molecule has 23 heavy (non-hydrogen) atoms. The summed E-state index contributed by atoms with van der Waals surface area (Å²) in [6.07, 6.45) is 6.10. The van der Waals surface area contributed by atoms with Gasteiger partial charge in [-0.25, -0.2) is 9.97 Å². The molecule has 0 spiro atoms. The van der Waals surface area contributed by atoms with E-state index in [4.69, 9.17) is 16.6 Å². The Morgan fingerprint density at radius 1 is 1.04 bits per heavy atom. The number of pyridine rings is 1. The van der Waals surface area contributed by atoms with Crippen LogP contribution in [-0.4, -0.2) is 46.0 Å². The molecule has 0 aromatic carbocycles. The quantitative estimate of drug-likeness (QED) is 0.807. The Kier molecular flexibility index (Phi) is 4.14. The van der Waals surface area contributed by atoms with Crippen LogP contribution in [0, 0.1) is 0 Å². The largest absolute Gasteiger partial charge is 0.354 e. The fourth-order valence-corrected chi connectivity index (χ4v) is 3.17. The van der Waals surface area contributed by atoms with E-state index in [1.807, 2.05) is 18.5 Å². The Morgan fingerprint density at radius 2 is 1.78 bits per heavy atom. The van der Waals surface area contributed by atoms with Gasteiger partial charge in [-0.1, -0.05) is 11.6 Å². The lowest BCUT2D eigenvalue weighted by atomic mass is 10.2. The summed E-state index contributed by atoms with van der Waals surface area (Å²) in [5.41, 5.74) is 1.31. The lowest BCUT2D eigenvalue weighted by Gasteiger charge is -2.35. The second-order valence-corrected chi connectivity index (χ2v) is 6.69. The monoisotopic (exact) mass is 329 g/mol. The zero-order valence-corrected chi connectivity index (χ0v) is 13.8. The Hall–Kier alpha value is -1.72. The molecule has 1 aliphatic heterocycles. The lowest BCUT2D eigenvalue weighted by Crippen LogP contribution is -2.46. The van der Waals surface area contributed by atoms with E-state index in [0.717, 1.165) is 44.4 Å². The van der Waals surface area contributed by atoms with E-state index < -0.39 is 0 Å². The number of nitrogens with zero attached hydrogens (tertiary/aromatic N) is 5. The van der Waals surface area contributed by atoms with Gasteiger partial charge >= 0.3 is 0 Å². The number of piperazine rings is 1. The van der Waals surface area contributed by atoms with Crippen molar-refractivity contribution in [2.75, 3.05) is 31.1 Å². The van der Waals surface area contributed by atoms with E-state index >= 15 is 0 Å². The van der Waals surface area contributed by atoms with E-state index in [-0.39, 0.29) is 0 Å². The van der Waals surface area contributed by atoms with Crippen LogP contribution in [0.1, 0.15) is 30.1 Å². The van der Waals surface area contributed by atoms with Crippen LogP contribution in [0.25, 0.3) is 0 Å². The van der Waals surface area contributed by atoms with Crippen molar-refractivity contribution < 1.29 is 0 Å². The first-order valence-corrected chi connectivity index (χ1v) is 8.56. The van der Waals surface area contributed by atoms with Crippen molar-refractivity contribution in [1.82, 2.24) is 19.9 Å².